The van der Waals surface area contributed by atoms with Gasteiger partial charge in [0.05, 0.1) is 0 Å². The first kappa shape index (κ1) is 15.5. The molecule has 0 aromatic carbocycles. The molecule has 132 valence electrons. The van der Waals surface area contributed by atoms with Crippen molar-refractivity contribution < 1.29 is 19.1 Å². The van der Waals surface area contributed by atoms with Crippen LogP contribution >= 0.6 is 0 Å². The number of carbonyl (C=O) groups is 3. The van der Waals surface area contributed by atoms with E-state index in [1.807, 2.05) is 6.08 Å². The fraction of sp³-hybridized carbons (Fsp3) is 0.667. The van der Waals surface area contributed by atoms with Crippen molar-refractivity contribution in [3.05, 3.63) is 23.3 Å². The van der Waals surface area contributed by atoms with E-state index in [4.69, 9.17) is 4.74 Å². The standard InChI is InChI=1S/C21H24O4/c1-20-6-5-12(22)7-11(20)3-4-13-14-8-17-15(9-18(24)25-17)21(14,2)10-16(23)19(13)20/h7,9,13-14,17,19H,3-6,8,10H2,1-2H3/t13-,14-,17-,19+,20+,21+/m1/s1. The van der Waals surface area contributed by atoms with Gasteiger partial charge in [0.25, 0.3) is 0 Å². The second-order valence-electron chi connectivity index (χ2n) is 9.16. The zero-order chi connectivity index (χ0) is 17.6. The normalized spacial score (nSPS) is 48.0. The number of ketones is 2. The van der Waals surface area contributed by atoms with Crippen molar-refractivity contribution in [2.45, 2.75) is 58.5 Å². The van der Waals surface area contributed by atoms with E-state index in [9.17, 15) is 14.4 Å². The Labute approximate surface area is 147 Å². The van der Waals surface area contributed by atoms with Crippen molar-refractivity contribution in [1.29, 1.82) is 0 Å². The summed E-state index contributed by atoms with van der Waals surface area (Å²) in [5.41, 5.74) is 1.88. The molecule has 0 N–H and O–H groups in total. The lowest BCUT2D eigenvalue weighted by atomic mass is 9.47. The second-order valence-corrected chi connectivity index (χ2v) is 9.16. The zero-order valence-electron chi connectivity index (χ0n) is 14.8. The van der Waals surface area contributed by atoms with Crippen LogP contribution in [-0.4, -0.2) is 23.6 Å². The Hall–Kier alpha value is -1.71. The van der Waals surface area contributed by atoms with E-state index in [0.29, 0.717) is 30.5 Å². The molecule has 0 radical (unpaired) electrons. The minimum Gasteiger partial charge on any atom is -0.455 e. The molecule has 0 aromatic rings. The summed E-state index contributed by atoms with van der Waals surface area (Å²) in [5.74, 6) is 1.05. The highest BCUT2D eigenvalue weighted by molar-refractivity contribution is 5.93. The predicted molar refractivity (Wildman–Crippen MR) is 90.4 cm³/mol. The summed E-state index contributed by atoms with van der Waals surface area (Å²) in [6, 6.07) is 0. The van der Waals surface area contributed by atoms with Crippen LogP contribution in [-0.2, 0) is 19.1 Å². The molecule has 5 rings (SSSR count). The molecular weight excluding hydrogens is 316 g/mol. The van der Waals surface area contributed by atoms with Crippen LogP contribution in [0.4, 0.5) is 0 Å². The summed E-state index contributed by atoms with van der Waals surface area (Å²) in [6.07, 6.45) is 7.98. The van der Waals surface area contributed by atoms with Gasteiger partial charge in [0, 0.05) is 30.3 Å². The monoisotopic (exact) mass is 340 g/mol. The van der Waals surface area contributed by atoms with Crippen molar-refractivity contribution in [2.24, 2.45) is 28.6 Å². The number of hydrogen-bond donors (Lipinski definition) is 0. The molecule has 3 fully saturated rings. The molecule has 4 nitrogen and oxygen atoms in total. The summed E-state index contributed by atoms with van der Waals surface area (Å²) >= 11 is 0. The molecule has 1 aliphatic heterocycles. The average molecular weight is 340 g/mol. The molecule has 0 saturated heterocycles. The third-order valence-corrected chi connectivity index (χ3v) is 8.05. The minimum absolute atomic E-state index is 0.0220. The highest BCUT2D eigenvalue weighted by atomic mass is 16.5. The molecule has 0 aromatic heterocycles. The van der Waals surface area contributed by atoms with Crippen LogP contribution in [0.2, 0.25) is 0 Å². The Bertz CT molecular complexity index is 775. The molecule has 6 atom stereocenters. The fourth-order valence-electron chi connectivity index (χ4n) is 6.90. The molecule has 4 heteroatoms. The van der Waals surface area contributed by atoms with E-state index in [1.165, 1.54) is 5.57 Å². The first-order valence-corrected chi connectivity index (χ1v) is 9.52. The first-order chi connectivity index (χ1) is 11.8. The van der Waals surface area contributed by atoms with Crippen LogP contribution in [0.15, 0.2) is 23.3 Å². The molecule has 5 aliphatic rings. The second kappa shape index (κ2) is 4.72. The number of fused-ring (bicyclic) bond motifs is 7. The summed E-state index contributed by atoms with van der Waals surface area (Å²) < 4.78 is 5.50. The van der Waals surface area contributed by atoms with E-state index < -0.39 is 0 Å². The Balaban J connectivity index is 1.57. The molecule has 0 bridgehead atoms. The maximum absolute atomic E-state index is 13.3. The number of allylic oxidation sites excluding steroid dienone is 1. The van der Waals surface area contributed by atoms with E-state index >= 15 is 0 Å². The van der Waals surface area contributed by atoms with Gasteiger partial charge in [-0.15, -0.1) is 0 Å². The minimum atomic E-state index is -0.249. The van der Waals surface area contributed by atoms with Crippen molar-refractivity contribution in [3.63, 3.8) is 0 Å². The Morgan fingerprint density at radius 3 is 2.68 bits per heavy atom. The van der Waals surface area contributed by atoms with Crippen LogP contribution in [0.5, 0.6) is 0 Å². The summed E-state index contributed by atoms with van der Waals surface area (Å²) in [4.78, 5) is 36.9. The lowest BCUT2D eigenvalue weighted by Gasteiger charge is -2.56. The molecule has 3 saturated carbocycles. The Morgan fingerprint density at radius 2 is 1.88 bits per heavy atom. The summed E-state index contributed by atoms with van der Waals surface area (Å²) in [7, 11) is 0. The van der Waals surface area contributed by atoms with Crippen LogP contribution in [0.3, 0.4) is 0 Å². The topological polar surface area (TPSA) is 60.4 Å². The van der Waals surface area contributed by atoms with Gasteiger partial charge >= 0.3 is 5.97 Å². The third-order valence-electron chi connectivity index (χ3n) is 8.05. The van der Waals surface area contributed by atoms with Crippen molar-refractivity contribution >= 4 is 17.5 Å². The van der Waals surface area contributed by atoms with Crippen molar-refractivity contribution in [2.75, 3.05) is 0 Å². The first-order valence-electron chi connectivity index (χ1n) is 9.52. The number of Topliss-reactive ketones (excluding diaryl/α,β-unsaturated/α-hetero) is 1. The third kappa shape index (κ3) is 1.86. The zero-order valence-corrected chi connectivity index (χ0v) is 14.8. The lowest BCUT2D eigenvalue weighted by Crippen LogP contribution is -2.54. The fourth-order valence-corrected chi connectivity index (χ4v) is 6.90. The van der Waals surface area contributed by atoms with Crippen molar-refractivity contribution in [1.82, 2.24) is 0 Å². The predicted octanol–water partition coefficient (Wildman–Crippen LogP) is 3.16. The van der Waals surface area contributed by atoms with Crippen molar-refractivity contribution in [3.8, 4) is 0 Å². The molecule has 0 amide bonds. The molecular formula is C21H24O4. The van der Waals surface area contributed by atoms with E-state index in [2.05, 4.69) is 13.8 Å². The smallest absolute Gasteiger partial charge is 0.331 e. The number of rotatable bonds is 0. The highest BCUT2D eigenvalue weighted by Gasteiger charge is 2.64. The van der Waals surface area contributed by atoms with Gasteiger partial charge in [-0.25, -0.2) is 4.79 Å². The SMILES string of the molecule is C[C@]12CCC(=O)C=C1CC[C@H]1[C@H]2C(=O)C[C@]2(C)C3=CC(=O)O[C@@H]3C[C@H]12. The Morgan fingerprint density at radius 1 is 1.08 bits per heavy atom. The molecule has 1 heterocycles. The number of carbonyl (C=O) groups excluding carboxylic acids is 3. The van der Waals surface area contributed by atoms with E-state index in [1.54, 1.807) is 6.08 Å². The molecule has 25 heavy (non-hydrogen) atoms. The maximum atomic E-state index is 13.3. The largest absolute Gasteiger partial charge is 0.455 e. The number of esters is 1. The average Bonchev–Trinajstić information content (AvgIpc) is 3.03. The van der Waals surface area contributed by atoms with Gasteiger partial charge in [0.2, 0.25) is 0 Å². The van der Waals surface area contributed by atoms with Crippen LogP contribution in [0.1, 0.15) is 52.4 Å². The van der Waals surface area contributed by atoms with Gasteiger partial charge in [-0.2, -0.15) is 0 Å². The number of hydrogen-bond acceptors (Lipinski definition) is 4. The number of ether oxygens (including phenoxy) is 1. The van der Waals surface area contributed by atoms with Gasteiger partial charge in [-0.1, -0.05) is 19.4 Å². The quantitative estimate of drug-likeness (QED) is 0.636. The van der Waals surface area contributed by atoms with Gasteiger partial charge < -0.3 is 4.74 Å². The summed E-state index contributed by atoms with van der Waals surface area (Å²) in [5, 5.41) is 0. The maximum Gasteiger partial charge on any atom is 0.331 e. The van der Waals surface area contributed by atoms with E-state index in [0.717, 1.165) is 31.3 Å². The lowest BCUT2D eigenvalue weighted by molar-refractivity contribution is -0.144. The molecule has 4 aliphatic carbocycles. The van der Waals surface area contributed by atoms with Crippen LogP contribution in [0.25, 0.3) is 0 Å². The van der Waals surface area contributed by atoms with E-state index in [-0.39, 0.29) is 34.6 Å². The van der Waals surface area contributed by atoms with Gasteiger partial charge in [-0.05, 0) is 54.6 Å². The highest BCUT2D eigenvalue weighted by Crippen LogP contribution is 2.66. The van der Waals surface area contributed by atoms with Gasteiger partial charge in [-0.3, -0.25) is 9.59 Å². The van der Waals surface area contributed by atoms with Crippen LogP contribution < -0.4 is 0 Å². The van der Waals surface area contributed by atoms with Gasteiger partial charge in [0.1, 0.15) is 11.9 Å². The van der Waals surface area contributed by atoms with Gasteiger partial charge in [0.15, 0.2) is 5.78 Å². The Kier molecular flexibility index (Phi) is 2.93. The molecule has 0 spiro atoms. The molecule has 0 unspecified atom stereocenters. The van der Waals surface area contributed by atoms with Crippen LogP contribution in [0, 0.1) is 28.6 Å². The summed E-state index contributed by atoms with van der Waals surface area (Å²) in [6.45, 7) is 4.37.